The van der Waals surface area contributed by atoms with Crippen LogP contribution in [-0.4, -0.2) is 69.8 Å². The molecule has 1 amide bonds. The number of ether oxygens (including phenoxy) is 3. The van der Waals surface area contributed by atoms with Crippen molar-refractivity contribution in [2.24, 2.45) is 0 Å². The lowest BCUT2D eigenvalue weighted by molar-refractivity contribution is -0.00244. The number of hydrogen-bond acceptors (Lipinski definition) is 7. The van der Waals surface area contributed by atoms with E-state index in [0.29, 0.717) is 32.8 Å². The minimum absolute atomic E-state index is 0.0506. The number of methoxy groups -OCH3 is 1. The van der Waals surface area contributed by atoms with E-state index in [1.54, 1.807) is 12.0 Å². The normalized spacial score (nSPS) is 19.7. The molecule has 1 aromatic heterocycles. The van der Waals surface area contributed by atoms with Crippen molar-refractivity contribution in [3.05, 3.63) is 41.2 Å². The van der Waals surface area contributed by atoms with Gasteiger partial charge in [-0.3, -0.25) is 4.90 Å². The van der Waals surface area contributed by atoms with E-state index in [0.717, 1.165) is 35.8 Å². The summed E-state index contributed by atoms with van der Waals surface area (Å²) in [4.78, 5) is 16.3. The van der Waals surface area contributed by atoms with Gasteiger partial charge in [-0.05, 0) is 38.5 Å². The summed E-state index contributed by atoms with van der Waals surface area (Å²) in [5, 5.41) is 8.78. The largest absolute Gasteiger partial charge is 0.497 e. The highest BCUT2D eigenvalue weighted by atomic mass is 16.6. The first-order valence-electron chi connectivity index (χ1n) is 10.7. The third kappa shape index (κ3) is 5.16. The molecule has 4 rings (SSSR count). The fourth-order valence-corrected chi connectivity index (χ4v) is 3.83. The molecule has 1 aromatic carbocycles. The van der Waals surface area contributed by atoms with E-state index in [9.17, 15) is 4.79 Å². The number of aromatic nitrogens is 3. The lowest BCUT2D eigenvalue weighted by atomic mass is 10.1. The molecule has 31 heavy (non-hydrogen) atoms. The topological polar surface area (TPSA) is 82.0 Å². The molecule has 1 saturated heterocycles. The Balaban J connectivity index is 1.32. The smallest absolute Gasteiger partial charge is 0.410 e. The van der Waals surface area contributed by atoms with E-state index in [2.05, 4.69) is 15.2 Å². The Labute approximate surface area is 182 Å². The summed E-state index contributed by atoms with van der Waals surface area (Å²) < 4.78 is 18.8. The third-order valence-corrected chi connectivity index (χ3v) is 5.56. The van der Waals surface area contributed by atoms with Crippen molar-refractivity contribution in [2.75, 3.05) is 33.3 Å². The Morgan fingerprint density at radius 3 is 2.52 bits per heavy atom. The van der Waals surface area contributed by atoms with Crippen molar-refractivity contribution in [1.29, 1.82) is 0 Å². The average Bonchev–Trinajstić information content (AvgIpc) is 3.15. The molecule has 3 heterocycles. The highest BCUT2D eigenvalue weighted by molar-refractivity contribution is 5.68. The number of rotatable bonds is 4. The molecular weight excluding hydrogens is 398 g/mol. The zero-order valence-electron chi connectivity index (χ0n) is 18.7. The van der Waals surface area contributed by atoms with Crippen molar-refractivity contribution in [3.8, 4) is 5.75 Å². The molecule has 168 valence electrons. The fourth-order valence-electron chi connectivity index (χ4n) is 3.83. The molecule has 9 heteroatoms. The van der Waals surface area contributed by atoms with E-state index in [-0.39, 0.29) is 12.2 Å². The lowest BCUT2D eigenvalue weighted by Gasteiger charge is -2.35. The molecule has 2 aromatic rings. The van der Waals surface area contributed by atoms with Gasteiger partial charge in [-0.15, -0.1) is 5.10 Å². The molecule has 0 saturated carbocycles. The zero-order chi connectivity index (χ0) is 22.0. The Morgan fingerprint density at radius 1 is 1.16 bits per heavy atom. The first-order chi connectivity index (χ1) is 14.8. The Bertz CT molecular complexity index is 898. The van der Waals surface area contributed by atoms with Crippen LogP contribution in [0.3, 0.4) is 0 Å². The maximum absolute atomic E-state index is 12.2. The Morgan fingerprint density at radius 2 is 1.87 bits per heavy atom. The molecule has 1 atom stereocenters. The number of piperazine rings is 1. The van der Waals surface area contributed by atoms with Crippen LogP contribution < -0.4 is 4.74 Å². The average molecular weight is 430 g/mol. The molecule has 0 spiro atoms. The molecule has 9 nitrogen and oxygen atoms in total. The number of fused-ring (bicyclic) bond motifs is 1. The quantitative estimate of drug-likeness (QED) is 0.739. The van der Waals surface area contributed by atoms with E-state index < -0.39 is 5.60 Å². The Kier molecular flexibility index (Phi) is 6.15. The first-order valence-corrected chi connectivity index (χ1v) is 10.7. The zero-order valence-corrected chi connectivity index (χ0v) is 18.7. The molecule has 0 aliphatic carbocycles. The van der Waals surface area contributed by atoms with Crippen LogP contribution in [0.5, 0.6) is 5.75 Å². The summed E-state index contributed by atoms with van der Waals surface area (Å²) in [6.45, 7) is 10.3. The summed E-state index contributed by atoms with van der Waals surface area (Å²) in [5.41, 5.74) is 2.60. The summed E-state index contributed by atoms with van der Waals surface area (Å²) in [7, 11) is 1.66. The minimum Gasteiger partial charge on any atom is -0.497 e. The number of carbonyl (C=O) groups excluding carboxylic acids is 1. The van der Waals surface area contributed by atoms with E-state index in [1.807, 2.05) is 49.7 Å². The molecular formula is C22H31N5O4. The number of carbonyl (C=O) groups is 1. The monoisotopic (exact) mass is 429 g/mol. The number of hydrogen-bond donors (Lipinski definition) is 0. The highest BCUT2D eigenvalue weighted by Gasteiger charge is 2.29. The molecule has 0 N–H and O–H groups in total. The Hall–Kier alpha value is -2.65. The molecule has 1 fully saturated rings. The van der Waals surface area contributed by atoms with Gasteiger partial charge in [0.15, 0.2) is 0 Å². The molecule has 0 radical (unpaired) electrons. The van der Waals surface area contributed by atoms with E-state index >= 15 is 0 Å². The lowest BCUT2D eigenvalue weighted by Crippen LogP contribution is -2.49. The minimum atomic E-state index is -0.473. The van der Waals surface area contributed by atoms with Gasteiger partial charge in [0, 0.05) is 32.7 Å². The predicted molar refractivity (Wildman–Crippen MR) is 114 cm³/mol. The highest BCUT2D eigenvalue weighted by Crippen LogP contribution is 2.28. The van der Waals surface area contributed by atoms with Gasteiger partial charge in [-0.1, -0.05) is 17.3 Å². The van der Waals surface area contributed by atoms with Crippen LogP contribution in [0, 0.1) is 0 Å². The number of nitrogens with zero attached hydrogens (tertiary/aromatic N) is 5. The van der Waals surface area contributed by atoms with Crippen molar-refractivity contribution >= 4 is 6.09 Å². The van der Waals surface area contributed by atoms with Crippen LogP contribution in [0.4, 0.5) is 4.79 Å². The number of amides is 1. The second-order valence-corrected chi connectivity index (χ2v) is 8.98. The van der Waals surface area contributed by atoms with Gasteiger partial charge in [0.05, 0.1) is 26.0 Å². The molecule has 2 aliphatic rings. The molecule has 1 unspecified atom stereocenters. The maximum Gasteiger partial charge on any atom is 0.410 e. The third-order valence-electron chi connectivity index (χ3n) is 5.56. The molecule has 0 bridgehead atoms. The van der Waals surface area contributed by atoms with Gasteiger partial charge in [-0.2, -0.15) is 0 Å². The fraction of sp³-hybridized carbons (Fsp3) is 0.591. The van der Waals surface area contributed by atoms with Crippen LogP contribution in [0.15, 0.2) is 24.3 Å². The predicted octanol–water partition coefficient (Wildman–Crippen LogP) is 2.61. The first kappa shape index (κ1) is 21.6. The van der Waals surface area contributed by atoms with Crippen molar-refractivity contribution in [3.63, 3.8) is 0 Å². The SMILES string of the molecule is COc1ccc(C2Cn3nnc(CN4CCN(C(=O)OC(C)(C)C)CC4)c3CO2)cc1. The second-order valence-electron chi connectivity index (χ2n) is 8.98. The van der Waals surface area contributed by atoms with Crippen LogP contribution in [0.2, 0.25) is 0 Å². The van der Waals surface area contributed by atoms with Gasteiger partial charge in [0.2, 0.25) is 0 Å². The van der Waals surface area contributed by atoms with Crippen LogP contribution in [0.1, 0.15) is 43.8 Å². The molecule has 2 aliphatic heterocycles. The summed E-state index contributed by atoms with van der Waals surface area (Å²) >= 11 is 0. The van der Waals surface area contributed by atoms with Gasteiger partial charge >= 0.3 is 6.09 Å². The number of benzene rings is 1. The van der Waals surface area contributed by atoms with Crippen molar-refractivity contribution < 1.29 is 19.0 Å². The van der Waals surface area contributed by atoms with Gasteiger partial charge in [0.25, 0.3) is 0 Å². The standard InChI is InChI=1S/C22H31N5O4/c1-22(2,3)31-21(28)26-11-9-25(10-12-26)13-18-19-15-30-20(14-27(19)24-23-18)16-5-7-17(29-4)8-6-16/h5-8,20H,9-15H2,1-4H3. The van der Waals surface area contributed by atoms with E-state index in [1.165, 1.54) is 0 Å². The van der Waals surface area contributed by atoms with Crippen molar-refractivity contribution in [2.45, 2.75) is 52.2 Å². The van der Waals surface area contributed by atoms with Crippen LogP contribution >= 0.6 is 0 Å². The van der Waals surface area contributed by atoms with Gasteiger partial charge < -0.3 is 19.1 Å². The second kappa shape index (κ2) is 8.84. The van der Waals surface area contributed by atoms with Gasteiger partial charge in [0.1, 0.15) is 23.1 Å². The van der Waals surface area contributed by atoms with Crippen LogP contribution in [-0.2, 0) is 29.2 Å². The van der Waals surface area contributed by atoms with Crippen LogP contribution in [0.25, 0.3) is 0 Å². The van der Waals surface area contributed by atoms with Crippen molar-refractivity contribution in [1.82, 2.24) is 24.8 Å². The summed E-state index contributed by atoms with van der Waals surface area (Å²) in [6.07, 6.45) is -0.295. The summed E-state index contributed by atoms with van der Waals surface area (Å²) in [6, 6.07) is 7.93. The van der Waals surface area contributed by atoms with Gasteiger partial charge in [-0.25, -0.2) is 9.48 Å². The summed E-state index contributed by atoms with van der Waals surface area (Å²) in [5.74, 6) is 0.829. The maximum atomic E-state index is 12.2. The van der Waals surface area contributed by atoms with E-state index in [4.69, 9.17) is 14.2 Å².